The van der Waals surface area contributed by atoms with Crippen molar-refractivity contribution >= 4 is 15.9 Å². The summed E-state index contributed by atoms with van der Waals surface area (Å²) in [6, 6.07) is 0. The van der Waals surface area contributed by atoms with Crippen LogP contribution in [-0.4, -0.2) is 11.2 Å². The van der Waals surface area contributed by atoms with Crippen LogP contribution in [0.25, 0.3) is 0 Å². The summed E-state index contributed by atoms with van der Waals surface area (Å²) in [5, 5.41) is 9.27. The first-order valence-corrected chi connectivity index (χ1v) is 3.85. The minimum Gasteiger partial charge on any atom is -0.388 e. The van der Waals surface area contributed by atoms with Crippen molar-refractivity contribution in [2.24, 2.45) is 5.41 Å². The van der Waals surface area contributed by atoms with Crippen LogP contribution in [-0.2, 0) is 0 Å². The highest BCUT2D eigenvalue weighted by Gasteiger charge is 2.18. The van der Waals surface area contributed by atoms with Gasteiger partial charge < -0.3 is 5.11 Å². The van der Waals surface area contributed by atoms with E-state index in [2.05, 4.69) is 15.9 Å². The maximum atomic E-state index is 9.27. The molecule has 54 valence electrons. The zero-order chi connectivity index (χ0) is 7.49. The zero-order valence-electron chi connectivity index (χ0n) is 6.06. The fourth-order valence-corrected chi connectivity index (χ4v) is 0.647. The Morgan fingerprint density at radius 1 is 1.44 bits per heavy atom. The third-order valence-corrected chi connectivity index (χ3v) is 1.45. The van der Waals surface area contributed by atoms with E-state index in [0.717, 1.165) is 0 Å². The highest BCUT2D eigenvalue weighted by atomic mass is 79.9. The highest BCUT2D eigenvalue weighted by Crippen LogP contribution is 2.19. The molecule has 0 radical (unpaired) electrons. The average Bonchev–Trinajstić information content (AvgIpc) is 1.64. The topological polar surface area (TPSA) is 20.2 Å². The molecule has 0 heterocycles. The van der Waals surface area contributed by atoms with Gasteiger partial charge >= 0.3 is 0 Å². The van der Waals surface area contributed by atoms with E-state index in [9.17, 15) is 5.11 Å². The third kappa shape index (κ3) is 3.71. The van der Waals surface area contributed by atoms with Crippen LogP contribution in [0.1, 0.15) is 20.8 Å². The lowest BCUT2D eigenvalue weighted by atomic mass is 9.89. The second-order valence-electron chi connectivity index (χ2n) is 3.13. The lowest BCUT2D eigenvalue weighted by molar-refractivity contribution is 0.106. The van der Waals surface area contributed by atoms with E-state index in [4.69, 9.17) is 0 Å². The van der Waals surface area contributed by atoms with E-state index in [1.165, 1.54) is 0 Å². The monoisotopic (exact) mass is 192 g/mol. The molecule has 1 atom stereocenters. The SMILES string of the molecule is CC(C)(C)C(O)C=CBr. The molecule has 1 nitrogen and oxygen atoms in total. The molecule has 9 heavy (non-hydrogen) atoms. The van der Waals surface area contributed by atoms with Gasteiger partial charge in [0.1, 0.15) is 0 Å². The lowest BCUT2D eigenvalue weighted by Crippen LogP contribution is -2.23. The first-order chi connectivity index (χ1) is 3.98. The van der Waals surface area contributed by atoms with Gasteiger partial charge in [0.05, 0.1) is 6.10 Å². The third-order valence-electron chi connectivity index (χ3n) is 1.14. The summed E-state index contributed by atoms with van der Waals surface area (Å²) in [6.45, 7) is 5.97. The van der Waals surface area contributed by atoms with Crippen molar-refractivity contribution < 1.29 is 5.11 Å². The van der Waals surface area contributed by atoms with Gasteiger partial charge in [-0.1, -0.05) is 36.7 Å². The molecule has 0 fully saturated rings. The number of rotatable bonds is 1. The van der Waals surface area contributed by atoms with Gasteiger partial charge in [0, 0.05) is 0 Å². The normalized spacial score (nSPS) is 16.6. The Bertz CT molecular complexity index is 102. The molecule has 0 saturated carbocycles. The number of hydrogen-bond donors (Lipinski definition) is 1. The van der Waals surface area contributed by atoms with Crippen LogP contribution in [0.4, 0.5) is 0 Å². The molecule has 0 aliphatic heterocycles. The maximum absolute atomic E-state index is 9.27. The Kier molecular flexibility index (Phi) is 3.44. The van der Waals surface area contributed by atoms with Gasteiger partial charge in [-0.2, -0.15) is 0 Å². The quantitative estimate of drug-likeness (QED) is 0.677. The summed E-state index contributed by atoms with van der Waals surface area (Å²) in [4.78, 5) is 1.68. The first-order valence-electron chi connectivity index (χ1n) is 2.93. The fourth-order valence-electron chi connectivity index (χ4n) is 0.358. The lowest BCUT2D eigenvalue weighted by Gasteiger charge is -2.22. The Balaban J connectivity index is 3.88. The maximum Gasteiger partial charge on any atom is 0.0777 e. The van der Waals surface area contributed by atoms with E-state index in [1.54, 1.807) is 11.1 Å². The van der Waals surface area contributed by atoms with Gasteiger partial charge in [-0.25, -0.2) is 0 Å². The van der Waals surface area contributed by atoms with Gasteiger partial charge in [0.15, 0.2) is 0 Å². The van der Waals surface area contributed by atoms with E-state index < -0.39 is 0 Å². The van der Waals surface area contributed by atoms with E-state index in [1.807, 2.05) is 20.8 Å². The van der Waals surface area contributed by atoms with Crippen molar-refractivity contribution in [3.05, 3.63) is 11.1 Å². The van der Waals surface area contributed by atoms with E-state index >= 15 is 0 Å². The average molecular weight is 193 g/mol. The molecule has 1 N–H and O–H groups in total. The van der Waals surface area contributed by atoms with Crippen molar-refractivity contribution in [2.45, 2.75) is 26.9 Å². The molecule has 2 heteroatoms. The van der Waals surface area contributed by atoms with E-state index in [-0.39, 0.29) is 11.5 Å². The molecule has 0 aromatic carbocycles. The van der Waals surface area contributed by atoms with Gasteiger partial charge in [-0.05, 0) is 16.5 Å². The Morgan fingerprint density at radius 2 is 1.89 bits per heavy atom. The Hall–Kier alpha value is 0.180. The van der Waals surface area contributed by atoms with Crippen LogP contribution in [0.2, 0.25) is 0 Å². The molecule has 0 spiro atoms. The molecule has 1 unspecified atom stereocenters. The summed E-state index contributed by atoms with van der Waals surface area (Å²) < 4.78 is 0. The molecule has 0 amide bonds. The summed E-state index contributed by atoms with van der Waals surface area (Å²) >= 11 is 3.10. The molecule has 0 bridgehead atoms. The Labute approximate surface area is 64.9 Å². The molecule has 0 saturated heterocycles. The van der Waals surface area contributed by atoms with Crippen molar-refractivity contribution in [1.82, 2.24) is 0 Å². The second kappa shape index (κ2) is 3.37. The molecular formula is C7H13BrO. The van der Waals surface area contributed by atoms with Gasteiger partial charge in [0.2, 0.25) is 0 Å². The summed E-state index contributed by atoms with van der Waals surface area (Å²) in [6.07, 6.45) is 1.36. The van der Waals surface area contributed by atoms with E-state index in [0.29, 0.717) is 0 Å². The van der Waals surface area contributed by atoms with Crippen LogP contribution < -0.4 is 0 Å². The zero-order valence-corrected chi connectivity index (χ0v) is 7.64. The fraction of sp³-hybridized carbons (Fsp3) is 0.714. The standard InChI is InChI=1S/C7H13BrO/c1-7(2,3)6(9)4-5-8/h4-6,9H,1-3H3. The molecule has 0 aliphatic rings. The minimum atomic E-state index is -0.364. The smallest absolute Gasteiger partial charge is 0.0777 e. The highest BCUT2D eigenvalue weighted by molar-refractivity contribution is 9.11. The van der Waals surface area contributed by atoms with Crippen LogP contribution >= 0.6 is 15.9 Å². The van der Waals surface area contributed by atoms with Crippen molar-refractivity contribution in [3.8, 4) is 0 Å². The summed E-state index contributed by atoms with van der Waals surface area (Å²) in [7, 11) is 0. The second-order valence-corrected chi connectivity index (χ2v) is 3.66. The number of aliphatic hydroxyl groups is 1. The first kappa shape index (κ1) is 9.18. The van der Waals surface area contributed by atoms with Crippen LogP contribution in [0, 0.1) is 5.41 Å². The molecule has 0 rings (SSSR count). The summed E-state index contributed by atoms with van der Waals surface area (Å²) in [5.74, 6) is 0. The van der Waals surface area contributed by atoms with Gasteiger partial charge in [-0.15, -0.1) is 0 Å². The number of halogens is 1. The van der Waals surface area contributed by atoms with Crippen molar-refractivity contribution in [1.29, 1.82) is 0 Å². The number of hydrogen-bond acceptors (Lipinski definition) is 1. The molecule has 0 aromatic heterocycles. The predicted octanol–water partition coefficient (Wildman–Crippen LogP) is 2.30. The minimum absolute atomic E-state index is 0.0513. The molecule has 0 aliphatic carbocycles. The van der Waals surface area contributed by atoms with Crippen LogP contribution in [0.3, 0.4) is 0 Å². The van der Waals surface area contributed by atoms with Gasteiger partial charge in [0.25, 0.3) is 0 Å². The predicted molar refractivity (Wildman–Crippen MR) is 43.5 cm³/mol. The van der Waals surface area contributed by atoms with Crippen LogP contribution in [0.5, 0.6) is 0 Å². The van der Waals surface area contributed by atoms with Crippen LogP contribution in [0.15, 0.2) is 11.1 Å². The molecule has 0 aromatic rings. The molecular weight excluding hydrogens is 180 g/mol. The summed E-state index contributed by atoms with van der Waals surface area (Å²) in [5.41, 5.74) is -0.0513. The Morgan fingerprint density at radius 3 is 2.00 bits per heavy atom. The van der Waals surface area contributed by atoms with Gasteiger partial charge in [-0.3, -0.25) is 0 Å². The number of aliphatic hydroxyl groups excluding tert-OH is 1. The van der Waals surface area contributed by atoms with Crippen molar-refractivity contribution in [2.75, 3.05) is 0 Å². The van der Waals surface area contributed by atoms with Crippen molar-refractivity contribution in [3.63, 3.8) is 0 Å². The largest absolute Gasteiger partial charge is 0.388 e.